The Kier molecular flexibility index (Phi) is 6.19. The third kappa shape index (κ3) is 5.16. The van der Waals surface area contributed by atoms with Crippen molar-refractivity contribution in [3.05, 3.63) is 89.5 Å². The molecule has 0 saturated carbocycles. The zero-order chi connectivity index (χ0) is 20.8. The number of ether oxygens (including phenoxy) is 1. The van der Waals surface area contributed by atoms with E-state index in [2.05, 4.69) is 10.6 Å². The molecular formula is C22H18F2N2O3. The number of halogens is 2. The molecule has 3 rings (SSSR count). The number of nitrogens with one attached hydrogen (secondary N) is 2. The molecule has 0 aliphatic rings. The minimum Gasteiger partial charge on any atom is -0.494 e. The zero-order valence-corrected chi connectivity index (χ0v) is 15.5. The molecule has 0 saturated heterocycles. The first-order valence-corrected chi connectivity index (χ1v) is 8.87. The van der Waals surface area contributed by atoms with Gasteiger partial charge < -0.3 is 15.4 Å². The molecular weight excluding hydrogens is 378 g/mol. The standard InChI is InChI=1S/C22H18F2N2O3/c1-2-29-18-10-8-17(9-11-18)25-21(27)14-3-6-16(7-4-14)26-22(28)19-12-5-15(23)13-20(19)24/h3-13H,2H2,1H3,(H,25,27)(H,26,28). The molecule has 0 unspecified atom stereocenters. The van der Waals surface area contributed by atoms with Gasteiger partial charge in [-0.25, -0.2) is 8.78 Å². The van der Waals surface area contributed by atoms with Crippen LogP contribution in [0.2, 0.25) is 0 Å². The molecule has 0 spiro atoms. The summed E-state index contributed by atoms with van der Waals surface area (Å²) in [6.45, 7) is 2.44. The second-order valence-corrected chi connectivity index (χ2v) is 6.07. The van der Waals surface area contributed by atoms with Gasteiger partial charge in [-0.05, 0) is 67.6 Å². The second-order valence-electron chi connectivity index (χ2n) is 6.07. The summed E-state index contributed by atoms with van der Waals surface area (Å²) in [4.78, 5) is 24.5. The highest BCUT2D eigenvalue weighted by Gasteiger charge is 2.13. The van der Waals surface area contributed by atoms with E-state index >= 15 is 0 Å². The predicted octanol–water partition coefficient (Wildman–Crippen LogP) is 4.87. The Morgan fingerprint density at radius 1 is 0.828 bits per heavy atom. The van der Waals surface area contributed by atoms with Crippen molar-refractivity contribution in [1.29, 1.82) is 0 Å². The second kappa shape index (κ2) is 8.97. The lowest BCUT2D eigenvalue weighted by Crippen LogP contribution is -2.15. The molecule has 3 aromatic carbocycles. The molecule has 0 atom stereocenters. The van der Waals surface area contributed by atoms with Crippen molar-refractivity contribution in [2.24, 2.45) is 0 Å². The molecule has 0 aromatic heterocycles. The number of rotatable bonds is 6. The monoisotopic (exact) mass is 396 g/mol. The first-order chi connectivity index (χ1) is 14.0. The van der Waals surface area contributed by atoms with Gasteiger partial charge in [-0.1, -0.05) is 0 Å². The SMILES string of the molecule is CCOc1ccc(NC(=O)c2ccc(NC(=O)c3ccc(F)cc3F)cc2)cc1. The molecule has 0 radical (unpaired) electrons. The van der Waals surface area contributed by atoms with Gasteiger partial charge in [0.1, 0.15) is 17.4 Å². The summed E-state index contributed by atoms with van der Waals surface area (Å²) in [5.74, 6) is -2.04. The molecule has 5 nitrogen and oxygen atoms in total. The summed E-state index contributed by atoms with van der Waals surface area (Å²) in [5.41, 5.74) is 1.09. The lowest BCUT2D eigenvalue weighted by atomic mass is 10.1. The third-order valence-corrected chi connectivity index (χ3v) is 4.00. The van der Waals surface area contributed by atoms with Crippen LogP contribution in [0.15, 0.2) is 66.7 Å². The Hall–Kier alpha value is -3.74. The summed E-state index contributed by atoms with van der Waals surface area (Å²) in [7, 11) is 0. The summed E-state index contributed by atoms with van der Waals surface area (Å²) in [6, 6.07) is 15.8. The summed E-state index contributed by atoms with van der Waals surface area (Å²) in [5, 5.41) is 5.26. The maximum atomic E-state index is 13.7. The van der Waals surface area contributed by atoms with Crippen molar-refractivity contribution < 1.29 is 23.1 Å². The summed E-state index contributed by atoms with van der Waals surface area (Å²) >= 11 is 0. The summed E-state index contributed by atoms with van der Waals surface area (Å²) in [6.07, 6.45) is 0. The van der Waals surface area contributed by atoms with E-state index < -0.39 is 17.5 Å². The van der Waals surface area contributed by atoms with Crippen molar-refractivity contribution in [1.82, 2.24) is 0 Å². The van der Waals surface area contributed by atoms with E-state index in [-0.39, 0.29) is 11.5 Å². The maximum Gasteiger partial charge on any atom is 0.258 e. The highest BCUT2D eigenvalue weighted by molar-refractivity contribution is 6.06. The van der Waals surface area contributed by atoms with E-state index in [9.17, 15) is 18.4 Å². The van der Waals surface area contributed by atoms with E-state index in [0.717, 1.165) is 12.1 Å². The van der Waals surface area contributed by atoms with Gasteiger partial charge in [-0.3, -0.25) is 9.59 Å². The molecule has 0 aliphatic heterocycles. The van der Waals surface area contributed by atoms with Crippen LogP contribution in [0.3, 0.4) is 0 Å². The lowest BCUT2D eigenvalue weighted by molar-refractivity contribution is 0.101. The fraction of sp³-hybridized carbons (Fsp3) is 0.0909. The van der Waals surface area contributed by atoms with Crippen molar-refractivity contribution in [2.45, 2.75) is 6.92 Å². The Bertz CT molecular complexity index is 1020. The van der Waals surface area contributed by atoms with Crippen molar-refractivity contribution in [2.75, 3.05) is 17.2 Å². The Labute approximate surface area is 166 Å². The predicted molar refractivity (Wildman–Crippen MR) is 106 cm³/mol. The Balaban J connectivity index is 1.63. The fourth-order valence-electron chi connectivity index (χ4n) is 2.58. The number of carbonyl (C=O) groups excluding carboxylic acids is 2. The van der Waals surface area contributed by atoms with Gasteiger partial charge in [0.05, 0.1) is 12.2 Å². The quantitative estimate of drug-likeness (QED) is 0.625. The van der Waals surface area contributed by atoms with Crippen LogP contribution in [0.25, 0.3) is 0 Å². The molecule has 0 aliphatic carbocycles. The number of hydrogen-bond acceptors (Lipinski definition) is 3. The number of carbonyl (C=O) groups is 2. The molecule has 0 fully saturated rings. The molecule has 2 amide bonds. The van der Waals surface area contributed by atoms with Crippen LogP contribution in [0, 0.1) is 11.6 Å². The normalized spacial score (nSPS) is 10.3. The highest BCUT2D eigenvalue weighted by Crippen LogP contribution is 2.18. The average molecular weight is 396 g/mol. The number of benzene rings is 3. The van der Waals surface area contributed by atoms with Crippen molar-refractivity contribution in [3.8, 4) is 5.75 Å². The molecule has 7 heteroatoms. The van der Waals surface area contributed by atoms with E-state index in [1.807, 2.05) is 6.92 Å². The van der Waals surface area contributed by atoms with E-state index in [1.165, 1.54) is 24.3 Å². The largest absolute Gasteiger partial charge is 0.494 e. The van der Waals surface area contributed by atoms with E-state index in [0.29, 0.717) is 35.4 Å². The zero-order valence-electron chi connectivity index (χ0n) is 15.5. The fourth-order valence-corrected chi connectivity index (χ4v) is 2.58. The van der Waals surface area contributed by atoms with E-state index in [4.69, 9.17) is 4.74 Å². The molecule has 29 heavy (non-hydrogen) atoms. The lowest BCUT2D eigenvalue weighted by Gasteiger charge is -2.09. The van der Waals surface area contributed by atoms with Crippen LogP contribution in [0.4, 0.5) is 20.2 Å². The minimum absolute atomic E-state index is 0.274. The highest BCUT2D eigenvalue weighted by atomic mass is 19.1. The molecule has 0 bridgehead atoms. The van der Waals surface area contributed by atoms with Crippen molar-refractivity contribution >= 4 is 23.2 Å². The summed E-state index contributed by atoms with van der Waals surface area (Å²) < 4.78 is 32.0. The van der Waals surface area contributed by atoms with Crippen LogP contribution in [-0.2, 0) is 0 Å². The van der Waals surface area contributed by atoms with Crippen LogP contribution < -0.4 is 15.4 Å². The van der Waals surface area contributed by atoms with Gasteiger partial charge in [0, 0.05) is 23.0 Å². The minimum atomic E-state index is -0.950. The number of anilines is 2. The van der Waals surface area contributed by atoms with Gasteiger partial charge in [0.2, 0.25) is 0 Å². The Morgan fingerprint density at radius 3 is 2.00 bits per heavy atom. The van der Waals surface area contributed by atoms with Crippen molar-refractivity contribution in [3.63, 3.8) is 0 Å². The topological polar surface area (TPSA) is 67.4 Å². The van der Waals surface area contributed by atoms with Crippen LogP contribution in [-0.4, -0.2) is 18.4 Å². The first kappa shape index (κ1) is 20.0. The van der Waals surface area contributed by atoms with Gasteiger partial charge in [-0.15, -0.1) is 0 Å². The van der Waals surface area contributed by atoms with E-state index in [1.54, 1.807) is 24.3 Å². The molecule has 0 heterocycles. The number of hydrogen-bond donors (Lipinski definition) is 2. The molecule has 148 valence electrons. The number of amides is 2. The van der Waals surface area contributed by atoms with Gasteiger partial charge in [-0.2, -0.15) is 0 Å². The first-order valence-electron chi connectivity index (χ1n) is 8.87. The van der Waals surface area contributed by atoms with Crippen LogP contribution >= 0.6 is 0 Å². The Morgan fingerprint density at radius 2 is 1.41 bits per heavy atom. The maximum absolute atomic E-state index is 13.7. The van der Waals surface area contributed by atoms with Gasteiger partial charge in [0.15, 0.2) is 0 Å². The third-order valence-electron chi connectivity index (χ3n) is 4.00. The van der Waals surface area contributed by atoms with Crippen LogP contribution in [0.1, 0.15) is 27.6 Å². The average Bonchev–Trinajstić information content (AvgIpc) is 2.70. The van der Waals surface area contributed by atoms with Gasteiger partial charge in [0.25, 0.3) is 11.8 Å². The molecule has 2 N–H and O–H groups in total. The van der Waals surface area contributed by atoms with Gasteiger partial charge >= 0.3 is 0 Å². The molecule has 3 aromatic rings. The van der Waals surface area contributed by atoms with Crippen LogP contribution in [0.5, 0.6) is 5.75 Å². The smallest absolute Gasteiger partial charge is 0.258 e.